The molecule has 1 unspecified atom stereocenters. The number of carbonyl (C=O) groups excluding carboxylic acids is 1. The molecule has 0 spiro atoms. The zero-order valence-corrected chi connectivity index (χ0v) is 19.0. The molecule has 0 heterocycles. The smallest absolute Gasteiger partial charge is 0.305 e. The van der Waals surface area contributed by atoms with Crippen LogP contribution >= 0.6 is 0 Å². The molecule has 0 aliphatic heterocycles. The number of hydrogen-bond donors (Lipinski definition) is 0. The molecule has 0 fully saturated rings. The predicted molar refractivity (Wildman–Crippen MR) is 119 cm³/mol. The van der Waals surface area contributed by atoms with E-state index >= 15 is 0 Å². The number of ether oxygens (including phenoxy) is 1. The van der Waals surface area contributed by atoms with Crippen molar-refractivity contribution < 1.29 is 9.53 Å². The summed E-state index contributed by atoms with van der Waals surface area (Å²) in [5, 5.41) is 0. The molecule has 2 heteroatoms. The van der Waals surface area contributed by atoms with Crippen molar-refractivity contribution in [1.82, 2.24) is 0 Å². The van der Waals surface area contributed by atoms with E-state index in [0.717, 1.165) is 6.42 Å². The Morgan fingerprint density at radius 1 is 0.593 bits per heavy atom. The van der Waals surface area contributed by atoms with Crippen molar-refractivity contribution in [2.24, 2.45) is 5.92 Å². The average Bonchev–Trinajstić information content (AvgIpc) is 2.67. The second-order valence-electron chi connectivity index (χ2n) is 8.47. The molecular formula is C25H50O2. The number of carbonyl (C=O) groups is 1. The number of hydrogen-bond acceptors (Lipinski definition) is 2. The molecule has 0 rings (SSSR count). The van der Waals surface area contributed by atoms with E-state index in [-0.39, 0.29) is 5.97 Å². The Kier molecular flexibility index (Phi) is 21.3. The summed E-state index contributed by atoms with van der Waals surface area (Å²) in [6.45, 7) is 7.39. The first-order chi connectivity index (χ1) is 13.2. The van der Waals surface area contributed by atoms with E-state index in [9.17, 15) is 4.79 Å². The van der Waals surface area contributed by atoms with E-state index in [1.54, 1.807) is 0 Å². The summed E-state index contributed by atoms with van der Waals surface area (Å²) in [7, 11) is 0. The van der Waals surface area contributed by atoms with Gasteiger partial charge in [0.1, 0.15) is 0 Å². The van der Waals surface area contributed by atoms with Crippen molar-refractivity contribution >= 4 is 5.97 Å². The van der Waals surface area contributed by atoms with E-state index < -0.39 is 0 Å². The molecule has 0 aromatic heterocycles. The lowest BCUT2D eigenvalue weighted by Crippen LogP contribution is -2.14. The van der Waals surface area contributed by atoms with Crippen LogP contribution in [0.4, 0.5) is 0 Å². The first kappa shape index (κ1) is 26.5. The van der Waals surface area contributed by atoms with Crippen molar-refractivity contribution in [3.8, 4) is 0 Å². The minimum Gasteiger partial charge on any atom is -0.465 e. The number of esters is 1. The lowest BCUT2D eigenvalue weighted by atomic mass is 9.97. The van der Waals surface area contributed by atoms with Gasteiger partial charge in [-0.1, -0.05) is 117 Å². The fourth-order valence-electron chi connectivity index (χ4n) is 3.80. The third kappa shape index (κ3) is 20.0. The van der Waals surface area contributed by atoms with Crippen LogP contribution in [-0.4, -0.2) is 12.6 Å². The summed E-state index contributed by atoms with van der Waals surface area (Å²) in [6.07, 6.45) is 24.0. The average molecular weight is 383 g/mol. The standard InChI is InChI=1S/C25H50O2/c1-4-7-9-10-11-12-13-14-15-16-17-19-22-25(26)27-23-24(20-6-3)21-18-8-5-2/h24H,4-23H2,1-3H3. The molecule has 0 saturated carbocycles. The van der Waals surface area contributed by atoms with Crippen LogP contribution in [0, 0.1) is 5.92 Å². The Balaban J connectivity index is 3.44. The van der Waals surface area contributed by atoms with E-state index in [1.165, 1.54) is 109 Å². The minimum absolute atomic E-state index is 0.0265. The summed E-state index contributed by atoms with van der Waals surface area (Å²) in [4.78, 5) is 11.9. The monoisotopic (exact) mass is 382 g/mol. The van der Waals surface area contributed by atoms with E-state index in [4.69, 9.17) is 4.74 Å². The topological polar surface area (TPSA) is 26.3 Å². The van der Waals surface area contributed by atoms with Crippen molar-refractivity contribution in [1.29, 1.82) is 0 Å². The fraction of sp³-hybridized carbons (Fsp3) is 0.960. The summed E-state index contributed by atoms with van der Waals surface area (Å²) >= 11 is 0. The third-order valence-electron chi connectivity index (χ3n) is 5.63. The van der Waals surface area contributed by atoms with Gasteiger partial charge in [-0.15, -0.1) is 0 Å². The summed E-state index contributed by atoms with van der Waals surface area (Å²) in [5.41, 5.74) is 0. The highest BCUT2D eigenvalue weighted by atomic mass is 16.5. The molecule has 0 aromatic rings. The quantitative estimate of drug-likeness (QED) is 0.147. The van der Waals surface area contributed by atoms with Gasteiger partial charge in [-0.05, 0) is 25.2 Å². The van der Waals surface area contributed by atoms with Crippen LogP contribution in [0.25, 0.3) is 0 Å². The van der Waals surface area contributed by atoms with Crippen LogP contribution in [0.15, 0.2) is 0 Å². The Bertz CT molecular complexity index is 301. The molecular weight excluding hydrogens is 332 g/mol. The maximum atomic E-state index is 11.9. The summed E-state index contributed by atoms with van der Waals surface area (Å²) in [6, 6.07) is 0. The van der Waals surface area contributed by atoms with Gasteiger partial charge in [0.2, 0.25) is 0 Å². The minimum atomic E-state index is 0.0265. The van der Waals surface area contributed by atoms with E-state index in [2.05, 4.69) is 20.8 Å². The highest BCUT2D eigenvalue weighted by Crippen LogP contribution is 2.17. The van der Waals surface area contributed by atoms with Crippen molar-refractivity contribution in [2.45, 2.75) is 143 Å². The summed E-state index contributed by atoms with van der Waals surface area (Å²) in [5.74, 6) is 0.603. The molecule has 0 N–H and O–H groups in total. The first-order valence-corrected chi connectivity index (χ1v) is 12.4. The zero-order valence-electron chi connectivity index (χ0n) is 19.0. The number of unbranched alkanes of at least 4 members (excludes halogenated alkanes) is 13. The van der Waals surface area contributed by atoms with Crippen molar-refractivity contribution in [3.63, 3.8) is 0 Å². The molecule has 162 valence electrons. The molecule has 27 heavy (non-hydrogen) atoms. The normalized spacial score (nSPS) is 12.3. The lowest BCUT2D eigenvalue weighted by molar-refractivity contribution is -0.145. The fourth-order valence-corrected chi connectivity index (χ4v) is 3.80. The van der Waals surface area contributed by atoms with Gasteiger partial charge in [0.15, 0.2) is 0 Å². The van der Waals surface area contributed by atoms with Crippen LogP contribution in [0.1, 0.15) is 143 Å². The number of rotatable bonds is 21. The van der Waals surface area contributed by atoms with Gasteiger partial charge >= 0.3 is 5.97 Å². The second-order valence-corrected chi connectivity index (χ2v) is 8.47. The SMILES string of the molecule is CCCCCCCCCCCCCCC(=O)OCC(CCC)CCCCC. The maximum absolute atomic E-state index is 11.9. The highest BCUT2D eigenvalue weighted by Gasteiger charge is 2.11. The molecule has 0 aromatic carbocycles. The van der Waals surface area contributed by atoms with E-state index in [1.807, 2.05) is 0 Å². The zero-order chi connectivity index (χ0) is 20.0. The molecule has 0 radical (unpaired) electrons. The Morgan fingerprint density at radius 3 is 1.59 bits per heavy atom. The van der Waals surface area contributed by atoms with Gasteiger partial charge in [0.25, 0.3) is 0 Å². The van der Waals surface area contributed by atoms with Gasteiger partial charge in [-0.2, -0.15) is 0 Å². The van der Waals surface area contributed by atoms with Crippen LogP contribution in [0.2, 0.25) is 0 Å². The highest BCUT2D eigenvalue weighted by molar-refractivity contribution is 5.69. The van der Waals surface area contributed by atoms with Crippen LogP contribution in [0.5, 0.6) is 0 Å². The molecule has 0 saturated heterocycles. The van der Waals surface area contributed by atoms with Gasteiger partial charge in [-0.25, -0.2) is 0 Å². The van der Waals surface area contributed by atoms with Gasteiger partial charge in [0, 0.05) is 6.42 Å². The Labute approximate surface area is 171 Å². The van der Waals surface area contributed by atoms with Crippen LogP contribution in [-0.2, 0) is 9.53 Å². The molecule has 0 bridgehead atoms. The Morgan fingerprint density at radius 2 is 1.07 bits per heavy atom. The lowest BCUT2D eigenvalue weighted by Gasteiger charge is -2.16. The largest absolute Gasteiger partial charge is 0.465 e. The second kappa shape index (κ2) is 21.8. The maximum Gasteiger partial charge on any atom is 0.305 e. The molecule has 2 nitrogen and oxygen atoms in total. The Hall–Kier alpha value is -0.530. The molecule has 0 amide bonds. The summed E-state index contributed by atoms with van der Waals surface area (Å²) < 4.78 is 5.55. The predicted octanol–water partition coefficient (Wildman–Crippen LogP) is 8.62. The third-order valence-corrected chi connectivity index (χ3v) is 5.63. The molecule has 0 aliphatic rings. The van der Waals surface area contributed by atoms with Crippen molar-refractivity contribution in [3.05, 3.63) is 0 Å². The molecule has 1 atom stereocenters. The van der Waals surface area contributed by atoms with Gasteiger partial charge < -0.3 is 4.74 Å². The van der Waals surface area contributed by atoms with Crippen LogP contribution < -0.4 is 0 Å². The van der Waals surface area contributed by atoms with Gasteiger partial charge in [0.05, 0.1) is 6.61 Å². The van der Waals surface area contributed by atoms with E-state index in [0.29, 0.717) is 18.9 Å². The molecule has 0 aliphatic carbocycles. The van der Waals surface area contributed by atoms with Crippen LogP contribution in [0.3, 0.4) is 0 Å². The first-order valence-electron chi connectivity index (χ1n) is 12.4. The van der Waals surface area contributed by atoms with Crippen molar-refractivity contribution in [2.75, 3.05) is 6.61 Å². The van der Waals surface area contributed by atoms with Gasteiger partial charge in [-0.3, -0.25) is 4.79 Å².